The summed E-state index contributed by atoms with van der Waals surface area (Å²) in [5, 5.41) is 12.5. The summed E-state index contributed by atoms with van der Waals surface area (Å²) in [6.45, 7) is 7.59. The molecule has 0 radical (unpaired) electrons. The predicted octanol–water partition coefficient (Wildman–Crippen LogP) is 6.09. The summed E-state index contributed by atoms with van der Waals surface area (Å²) in [4.78, 5) is 0. The van der Waals surface area contributed by atoms with Crippen molar-refractivity contribution in [2.75, 3.05) is 13.2 Å². The van der Waals surface area contributed by atoms with E-state index in [0.717, 1.165) is 25.2 Å². The van der Waals surface area contributed by atoms with Gasteiger partial charge in [0.05, 0.1) is 31.3 Å². The average Bonchev–Trinajstić information content (AvgIpc) is 3.34. The Bertz CT molecular complexity index is 726. The third-order valence-corrected chi connectivity index (χ3v) is 10.0. The van der Waals surface area contributed by atoms with E-state index in [9.17, 15) is 5.11 Å². The Kier molecular flexibility index (Phi) is 4.98. The van der Waals surface area contributed by atoms with Crippen molar-refractivity contribution in [3.05, 3.63) is 36.8 Å². The Hall–Kier alpha value is -1.06. The molecule has 3 heteroatoms. The number of fused-ring (bicyclic) bond motifs is 5. The van der Waals surface area contributed by atoms with Gasteiger partial charge in [0.25, 0.3) is 0 Å². The summed E-state index contributed by atoms with van der Waals surface area (Å²) in [6, 6.07) is 2.11. The minimum absolute atomic E-state index is 0.196. The molecule has 29 heavy (non-hydrogen) atoms. The molecule has 160 valence electrons. The van der Waals surface area contributed by atoms with E-state index in [1.807, 2.05) is 12.3 Å². The lowest BCUT2D eigenvalue weighted by atomic mass is 9.43. The van der Waals surface area contributed by atoms with E-state index >= 15 is 0 Å². The van der Waals surface area contributed by atoms with Crippen LogP contribution >= 0.6 is 0 Å². The first-order chi connectivity index (χ1) is 14.1. The smallest absolute Gasteiger partial charge is 0.0937 e. The van der Waals surface area contributed by atoms with Gasteiger partial charge >= 0.3 is 0 Å². The van der Waals surface area contributed by atoms with Gasteiger partial charge in [-0.15, -0.1) is 6.58 Å². The SMILES string of the molecule is C=CCOC[C@]12CC[C@H]3[C@@H](CC[C@@H]4CCCC[C@@]43C)[C@@]1(O)CC[C@@H]2c1ccoc1. The minimum Gasteiger partial charge on any atom is -0.472 e. The molecule has 0 amide bonds. The van der Waals surface area contributed by atoms with Gasteiger partial charge in [-0.2, -0.15) is 0 Å². The third-order valence-electron chi connectivity index (χ3n) is 10.0. The fourth-order valence-corrected chi connectivity index (χ4v) is 8.67. The van der Waals surface area contributed by atoms with Crippen molar-refractivity contribution in [1.82, 2.24) is 0 Å². The molecule has 1 aromatic heterocycles. The molecule has 1 aromatic rings. The summed E-state index contributed by atoms with van der Waals surface area (Å²) in [7, 11) is 0. The molecular formula is C26H38O3. The first kappa shape index (κ1) is 19.9. The van der Waals surface area contributed by atoms with E-state index in [4.69, 9.17) is 9.15 Å². The van der Waals surface area contributed by atoms with E-state index < -0.39 is 5.60 Å². The molecule has 1 heterocycles. The van der Waals surface area contributed by atoms with Crippen LogP contribution in [0, 0.1) is 28.6 Å². The third kappa shape index (κ3) is 2.76. The number of ether oxygens (including phenoxy) is 1. The maximum Gasteiger partial charge on any atom is 0.0937 e. The predicted molar refractivity (Wildman–Crippen MR) is 115 cm³/mol. The standard InChI is InChI=1S/C26H38O3/c1-3-15-29-18-25-13-9-22-23(8-7-20-6-4-5-12-24(20,22)2)26(25,27)14-10-21(25)19-11-16-28-17-19/h3,11,16-17,20-23,27H,1,4-10,12-15,18H2,2H3/t20-,21+,22-,23+,24-,25-,26-/m0/s1. The average molecular weight is 399 g/mol. The van der Waals surface area contributed by atoms with Gasteiger partial charge in [-0.05, 0) is 92.1 Å². The van der Waals surface area contributed by atoms with Gasteiger partial charge in [0.15, 0.2) is 0 Å². The highest BCUT2D eigenvalue weighted by Gasteiger charge is 2.69. The largest absolute Gasteiger partial charge is 0.472 e. The Morgan fingerprint density at radius 3 is 2.83 bits per heavy atom. The lowest BCUT2D eigenvalue weighted by Gasteiger charge is -2.63. The number of hydrogen-bond acceptors (Lipinski definition) is 3. The summed E-state index contributed by atoms with van der Waals surface area (Å²) < 4.78 is 11.6. The van der Waals surface area contributed by atoms with Crippen LogP contribution in [0.3, 0.4) is 0 Å². The summed E-state index contributed by atoms with van der Waals surface area (Å²) in [6.07, 6.45) is 17.8. The highest BCUT2D eigenvalue weighted by molar-refractivity contribution is 5.28. The maximum absolute atomic E-state index is 12.5. The quantitative estimate of drug-likeness (QED) is 0.482. The fraction of sp³-hybridized carbons (Fsp3) is 0.769. The lowest BCUT2D eigenvalue weighted by molar-refractivity contribution is -0.219. The highest BCUT2D eigenvalue weighted by Crippen LogP contribution is 2.70. The molecule has 0 aliphatic heterocycles. The van der Waals surface area contributed by atoms with Gasteiger partial charge in [-0.1, -0.05) is 25.8 Å². The summed E-state index contributed by atoms with van der Waals surface area (Å²) in [5.41, 5.74) is 0.862. The van der Waals surface area contributed by atoms with Crippen molar-refractivity contribution in [3.8, 4) is 0 Å². The van der Waals surface area contributed by atoms with Crippen molar-refractivity contribution < 1.29 is 14.3 Å². The molecule has 1 N–H and O–H groups in total. The monoisotopic (exact) mass is 398 g/mol. The minimum atomic E-state index is -0.621. The zero-order valence-electron chi connectivity index (χ0n) is 18.1. The van der Waals surface area contributed by atoms with Crippen LogP contribution in [0.2, 0.25) is 0 Å². The van der Waals surface area contributed by atoms with Gasteiger partial charge in [-0.25, -0.2) is 0 Å². The van der Waals surface area contributed by atoms with E-state index in [-0.39, 0.29) is 5.41 Å². The van der Waals surface area contributed by atoms with Crippen LogP contribution in [0.15, 0.2) is 35.7 Å². The Morgan fingerprint density at radius 1 is 1.14 bits per heavy atom. The van der Waals surface area contributed by atoms with E-state index in [1.165, 1.54) is 50.5 Å². The number of hydrogen-bond donors (Lipinski definition) is 1. The first-order valence-corrected chi connectivity index (χ1v) is 12.0. The second-order valence-electron chi connectivity index (χ2n) is 10.8. The lowest BCUT2D eigenvalue weighted by Crippen LogP contribution is -2.63. The van der Waals surface area contributed by atoms with Gasteiger partial charge in [0, 0.05) is 5.41 Å². The number of aliphatic hydroxyl groups is 1. The summed E-state index contributed by atoms with van der Waals surface area (Å²) in [5.74, 6) is 2.28. The maximum atomic E-state index is 12.5. The molecule has 0 bridgehead atoms. The van der Waals surface area contributed by atoms with Gasteiger partial charge < -0.3 is 14.3 Å². The topological polar surface area (TPSA) is 42.6 Å². The van der Waals surface area contributed by atoms with Crippen molar-refractivity contribution >= 4 is 0 Å². The van der Waals surface area contributed by atoms with Crippen molar-refractivity contribution in [1.29, 1.82) is 0 Å². The second kappa shape index (κ2) is 7.27. The first-order valence-electron chi connectivity index (χ1n) is 12.0. The Morgan fingerprint density at radius 2 is 2.03 bits per heavy atom. The second-order valence-corrected chi connectivity index (χ2v) is 10.8. The molecule has 0 spiro atoms. The summed E-state index contributed by atoms with van der Waals surface area (Å²) >= 11 is 0. The molecular weight excluding hydrogens is 360 g/mol. The normalized spacial score (nSPS) is 46.6. The van der Waals surface area contributed by atoms with Crippen LogP contribution < -0.4 is 0 Å². The molecule has 4 fully saturated rings. The molecule has 4 aliphatic rings. The fourth-order valence-electron chi connectivity index (χ4n) is 8.67. The van der Waals surface area contributed by atoms with Crippen molar-refractivity contribution in [2.24, 2.45) is 28.6 Å². The molecule has 0 aromatic carbocycles. The number of furan rings is 1. The van der Waals surface area contributed by atoms with E-state index in [1.54, 1.807) is 6.26 Å². The molecule has 0 unspecified atom stereocenters. The zero-order chi connectivity index (χ0) is 20.1. The molecule has 4 aliphatic carbocycles. The number of rotatable bonds is 5. The van der Waals surface area contributed by atoms with Crippen molar-refractivity contribution in [2.45, 2.75) is 82.7 Å². The van der Waals surface area contributed by atoms with Crippen molar-refractivity contribution in [3.63, 3.8) is 0 Å². The van der Waals surface area contributed by atoms with Crippen LogP contribution in [-0.4, -0.2) is 23.9 Å². The van der Waals surface area contributed by atoms with Gasteiger partial charge in [-0.3, -0.25) is 0 Å². The van der Waals surface area contributed by atoms with Crippen LogP contribution in [0.4, 0.5) is 0 Å². The van der Waals surface area contributed by atoms with Crippen LogP contribution in [-0.2, 0) is 4.74 Å². The van der Waals surface area contributed by atoms with Crippen LogP contribution in [0.5, 0.6) is 0 Å². The van der Waals surface area contributed by atoms with Crippen LogP contribution in [0.25, 0.3) is 0 Å². The molecule has 0 saturated heterocycles. The zero-order valence-corrected chi connectivity index (χ0v) is 18.1. The molecule has 3 nitrogen and oxygen atoms in total. The van der Waals surface area contributed by atoms with Crippen LogP contribution in [0.1, 0.15) is 82.6 Å². The van der Waals surface area contributed by atoms with Gasteiger partial charge in [0.2, 0.25) is 0 Å². The van der Waals surface area contributed by atoms with E-state index in [0.29, 0.717) is 36.4 Å². The Balaban J connectivity index is 1.52. The molecule has 5 rings (SSSR count). The Labute approximate surface area is 175 Å². The molecule has 4 saturated carbocycles. The molecule has 7 atom stereocenters. The van der Waals surface area contributed by atoms with E-state index in [2.05, 4.69) is 19.6 Å². The van der Waals surface area contributed by atoms with Gasteiger partial charge in [0.1, 0.15) is 0 Å². The highest BCUT2D eigenvalue weighted by atomic mass is 16.5.